The van der Waals surface area contributed by atoms with Crippen molar-refractivity contribution in [3.05, 3.63) is 54.1 Å². The Balaban J connectivity index is 1.41. The Morgan fingerprint density at radius 1 is 0.960 bits per heavy atom. The first-order chi connectivity index (χ1) is 12.2. The molecule has 2 aromatic carbocycles. The summed E-state index contributed by atoms with van der Waals surface area (Å²) in [6.45, 7) is 2.69. The largest absolute Gasteiger partial charge is 0.497 e. The first-order valence-corrected chi connectivity index (χ1v) is 9.03. The summed E-state index contributed by atoms with van der Waals surface area (Å²) in [4.78, 5) is 0. The van der Waals surface area contributed by atoms with Crippen molar-refractivity contribution in [1.82, 2.24) is 10.2 Å². The second-order valence-electron chi connectivity index (χ2n) is 5.47. The van der Waals surface area contributed by atoms with Gasteiger partial charge in [0.2, 0.25) is 5.89 Å². The maximum absolute atomic E-state index is 5.69. The average molecular weight is 356 g/mol. The highest BCUT2D eigenvalue weighted by Crippen LogP contribution is 2.24. The smallest absolute Gasteiger partial charge is 0.276 e. The zero-order valence-electron chi connectivity index (χ0n) is 14.3. The molecular weight excluding hydrogens is 336 g/mol. The zero-order chi connectivity index (χ0) is 17.5. The van der Waals surface area contributed by atoms with E-state index >= 15 is 0 Å². The molecule has 0 bridgehead atoms. The van der Waals surface area contributed by atoms with Crippen LogP contribution in [-0.4, -0.2) is 29.7 Å². The normalized spacial score (nSPS) is 10.6. The molecule has 25 heavy (non-hydrogen) atoms. The van der Waals surface area contributed by atoms with Gasteiger partial charge in [0.15, 0.2) is 0 Å². The van der Waals surface area contributed by atoms with Crippen LogP contribution in [-0.2, 0) is 0 Å². The van der Waals surface area contributed by atoms with Gasteiger partial charge in [0.05, 0.1) is 13.7 Å². The summed E-state index contributed by atoms with van der Waals surface area (Å²) < 4.78 is 16.5. The first kappa shape index (κ1) is 17.4. The molecule has 0 aliphatic heterocycles. The molecule has 5 nitrogen and oxygen atoms in total. The fourth-order valence-corrected chi connectivity index (χ4v) is 2.83. The highest BCUT2D eigenvalue weighted by Gasteiger charge is 2.08. The molecule has 0 saturated carbocycles. The lowest BCUT2D eigenvalue weighted by Crippen LogP contribution is -1.98. The standard InChI is InChI=1S/C19H20N2O3S/c1-14-4-6-15(7-5-14)18-20-21-19(24-18)25-13-3-12-23-17-10-8-16(22-2)9-11-17/h4-11H,3,12-13H2,1-2H3. The number of rotatable bonds is 8. The van der Waals surface area contributed by atoms with Crippen molar-refractivity contribution in [1.29, 1.82) is 0 Å². The number of aromatic nitrogens is 2. The minimum Gasteiger partial charge on any atom is -0.497 e. The summed E-state index contributed by atoms with van der Waals surface area (Å²) in [5.41, 5.74) is 2.14. The minimum atomic E-state index is 0.553. The predicted octanol–water partition coefficient (Wildman–Crippen LogP) is 4.61. The summed E-state index contributed by atoms with van der Waals surface area (Å²) in [6.07, 6.45) is 0.888. The molecule has 0 atom stereocenters. The van der Waals surface area contributed by atoms with Gasteiger partial charge in [-0.05, 0) is 49.7 Å². The number of nitrogens with zero attached hydrogens (tertiary/aromatic N) is 2. The Kier molecular flexibility index (Phi) is 5.95. The third-order valence-electron chi connectivity index (χ3n) is 3.55. The number of hydrogen-bond acceptors (Lipinski definition) is 6. The number of hydrogen-bond donors (Lipinski definition) is 0. The van der Waals surface area contributed by atoms with E-state index in [1.807, 2.05) is 55.5 Å². The predicted molar refractivity (Wildman–Crippen MR) is 98.3 cm³/mol. The highest BCUT2D eigenvalue weighted by molar-refractivity contribution is 7.99. The first-order valence-electron chi connectivity index (χ1n) is 8.05. The van der Waals surface area contributed by atoms with Crippen LogP contribution in [0.1, 0.15) is 12.0 Å². The monoisotopic (exact) mass is 356 g/mol. The number of benzene rings is 2. The molecule has 0 fully saturated rings. The summed E-state index contributed by atoms with van der Waals surface area (Å²) in [6, 6.07) is 15.6. The van der Waals surface area contributed by atoms with E-state index in [2.05, 4.69) is 10.2 Å². The Hall–Kier alpha value is -2.47. The van der Waals surface area contributed by atoms with Crippen molar-refractivity contribution in [2.75, 3.05) is 19.5 Å². The van der Waals surface area contributed by atoms with Crippen molar-refractivity contribution < 1.29 is 13.9 Å². The van der Waals surface area contributed by atoms with E-state index < -0.39 is 0 Å². The maximum atomic E-state index is 5.69. The van der Waals surface area contributed by atoms with Crippen LogP contribution in [0.25, 0.3) is 11.5 Å². The second kappa shape index (κ2) is 8.58. The molecule has 0 amide bonds. The molecule has 130 valence electrons. The lowest BCUT2D eigenvalue weighted by Gasteiger charge is -2.06. The fourth-order valence-electron chi connectivity index (χ4n) is 2.16. The topological polar surface area (TPSA) is 57.4 Å². The molecule has 1 aromatic heterocycles. The Labute approximate surface area is 151 Å². The Morgan fingerprint density at radius 2 is 1.68 bits per heavy atom. The van der Waals surface area contributed by atoms with Crippen molar-refractivity contribution >= 4 is 11.8 Å². The van der Waals surface area contributed by atoms with E-state index in [4.69, 9.17) is 13.9 Å². The third-order valence-corrected chi connectivity index (χ3v) is 4.45. The number of methoxy groups -OCH3 is 1. The third kappa shape index (κ3) is 5.00. The fraction of sp³-hybridized carbons (Fsp3) is 0.263. The lowest BCUT2D eigenvalue weighted by atomic mass is 10.1. The van der Waals surface area contributed by atoms with Crippen LogP contribution in [0.2, 0.25) is 0 Å². The van der Waals surface area contributed by atoms with Gasteiger partial charge in [-0.3, -0.25) is 0 Å². The Bertz CT molecular complexity index is 785. The molecule has 0 aliphatic carbocycles. The van der Waals surface area contributed by atoms with E-state index in [1.54, 1.807) is 18.9 Å². The van der Waals surface area contributed by atoms with Gasteiger partial charge >= 0.3 is 0 Å². The molecule has 0 radical (unpaired) electrons. The van der Waals surface area contributed by atoms with Crippen molar-refractivity contribution in [3.8, 4) is 23.0 Å². The highest BCUT2D eigenvalue weighted by atomic mass is 32.2. The van der Waals surface area contributed by atoms with Gasteiger partial charge in [-0.15, -0.1) is 10.2 Å². The summed E-state index contributed by atoms with van der Waals surface area (Å²) in [5, 5.41) is 8.76. The van der Waals surface area contributed by atoms with Gasteiger partial charge in [0.1, 0.15) is 11.5 Å². The average Bonchev–Trinajstić information content (AvgIpc) is 3.11. The molecule has 6 heteroatoms. The maximum Gasteiger partial charge on any atom is 0.276 e. The molecule has 0 spiro atoms. The van der Waals surface area contributed by atoms with E-state index in [1.165, 1.54) is 5.56 Å². The van der Waals surface area contributed by atoms with Gasteiger partial charge in [0.25, 0.3) is 5.22 Å². The number of thioether (sulfide) groups is 1. The summed E-state index contributed by atoms with van der Waals surface area (Å²) in [5.74, 6) is 3.07. The molecule has 0 saturated heterocycles. The van der Waals surface area contributed by atoms with Crippen LogP contribution in [0, 0.1) is 6.92 Å². The molecular formula is C19H20N2O3S. The lowest BCUT2D eigenvalue weighted by molar-refractivity contribution is 0.317. The van der Waals surface area contributed by atoms with Crippen molar-refractivity contribution in [3.63, 3.8) is 0 Å². The molecule has 0 unspecified atom stereocenters. The van der Waals surface area contributed by atoms with Gasteiger partial charge in [-0.2, -0.15) is 0 Å². The number of aryl methyl sites for hydroxylation is 1. The molecule has 1 heterocycles. The van der Waals surface area contributed by atoms with Crippen LogP contribution < -0.4 is 9.47 Å². The molecule has 3 rings (SSSR count). The van der Waals surface area contributed by atoms with Crippen LogP contribution in [0.4, 0.5) is 0 Å². The summed E-state index contributed by atoms with van der Waals surface area (Å²) in [7, 11) is 1.65. The molecule has 3 aromatic rings. The molecule has 0 N–H and O–H groups in total. The Morgan fingerprint density at radius 3 is 2.40 bits per heavy atom. The zero-order valence-corrected chi connectivity index (χ0v) is 15.1. The van der Waals surface area contributed by atoms with Gasteiger partial charge in [-0.1, -0.05) is 29.5 Å². The summed E-state index contributed by atoms with van der Waals surface area (Å²) >= 11 is 1.54. The van der Waals surface area contributed by atoms with Gasteiger partial charge < -0.3 is 13.9 Å². The van der Waals surface area contributed by atoms with Crippen LogP contribution >= 0.6 is 11.8 Å². The minimum absolute atomic E-state index is 0.553. The van der Waals surface area contributed by atoms with Gasteiger partial charge in [0, 0.05) is 11.3 Å². The second-order valence-corrected chi connectivity index (χ2v) is 6.51. The van der Waals surface area contributed by atoms with Crippen LogP contribution in [0.5, 0.6) is 11.5 Å². The van der Waals surface area contributed by atoms with E-state index in [0.717, 1.165) is 29.2 Å². The van der Waals surface area contributed by atoms with E-state index in [-0.39, 0.29) is 0 Å². The van der Waals surface area contributed by atoms with E-state index in [9.17, 15) is 0 Å². The van der Waals surface area contributed by atoms with Crippen LogP contribution in [0.3, 0.4) is 0 Å². The number of ether oxygens (including phenoxy) is 2. The molecule has 0 aliphatic rings. The van der Waals surface area contributed by atoms with Gasteiger partial charge in [-0.25, -0.2) is 0 Å². The SMILES string of the molecule is COc1ccc(OCCCSc2nnc(-c3ccc(C)cc3)o2)cc1. The van der Waals surface area contributed by atoms with Crippen molar-refractivity contribution in [2.45, 2.75) is 18.6 Å². The quantitative estimate of drug-likeness (QED) is 0.434. The van der Waals surface area contributed by atoms with Crippen molar-refractivity contribution in [2.24, 2.45) is 0 Å². The van der Waals surface area contributed by atoms with E-state index in [0.29, 0.717) is 17.7 Å². The van der Waals surface area contributed by atoms with Crippen LogP contribution in [0.15, 0.2) is 58.2 Å².